The fraction of sp³-hybridized carbons (Fsp3) is 0.667. The third-order valence-corrected chi connectivity index (χ3v) is 4.21. The number of hydrogen-bond donors (Lipinski definition) is 1. The van der Waals surface area contributed by atoms with Gasteiger partial charge in [-0.25, -0.2) is 0 Å². The Morgan fingerprint density at radius 1 is 1.10 bits per heavy atom. The molecule has 0 spiro atoms. The Morgan fingerprint density at radius 3 is 2.15 bits per heavy atom. The van der Waals surface area contributed by atoms with E-state index in [-0.39, 0.29) is 6.04 Å². The molecular weight excluding hydrogens is 244 g/mol. The summed E-state index contributed by atoms with van der Waals surface area (Å²) in [5, 5.41) is 0. The molecule has 2 N–H and O–H groups in total. The molecule has 1 aliphatic rings. The summed E-state index contributed by atoms with van der Waals surface area (Å²) < 4.78 is 0. The second kappa shape index (κ2) is 6.73. The smallest absolute Gasteiger partial charge is 0.0455 e. The Bertz CT molecular complexity index is 395. The molecular formula is C18H30N2. The van der Waals surface area contributed by atoms with E-state index >= 15 is 0 Å². The fourth-order valence-corrected chi connectivity index (χ4v) is 3.22. The van der Waals surface area contributed by atoms with Crippen LogP contribution in [0.4, 0.5) is 0 Å². The second-order valence-electron chi connectivity index (χ2n) is 6.99. The molecule has 20 heavy (non-hydrogen) atoms. The predicted octanol–water partition coefficient (Wildman–Crippen LogP) is 3.83. The minimum Gasteiger partial charge on any atom is -0.323 e. The van der Waals surface area contributed by atoms with Gasteiger partial charge in [-0.2, -0.15) is 0 Å². The van der Waals surface area contributed by atoms with Crippen LogP contribution in [0.25, 0.3) is 0 Å². The van der Waals surface area contributed by atoms with Crippen molar-refractivity contribution >= 4 is 0 Å². The highest BCUT2D eigenvalue weighted by Crippen LogP contribution is 2.35. The molecule has 112 valence electrons. The number of rotatable bonds is 7. The molecule has 1 aliphatic carbocycles. The predicted molar refractivity (Wildman–Crippen MR) is 86.6 cm³/mol. The van der Waals surface area contributed by atoms with Crippen LogP contribution in [0.5, 0.6) is 0 Å². The lowest BCUT2D eigenvalue weighted by molar-refractivity contribution is 0.107. The van der Waals surface area contributed by atoms with Crippen LogP contribution >= 0.6 is 0 Å². The molecule has 0 aromatic heterocycles. The van der Waals surface area contributed by atoms with Crippen molar-refractivity contribution in [3.05, 3.63) is 35.9 Å². The van der Waals surface area contributed by atoms with Gasteiger partial charge in [-0.05, 0) is 30.2 Å². The van der Waals surface area contributed by atoms with E-state index in [0.717, 1.165) is 12.6 Å². The molecule has 0 amide bonds. The van der Waals surface area contributed by atoms with E-state index in [1.165, 1.54) is 18.4 Å². The van der Waals surface area contributed by atoms with E-state index in [1.807, 2.05) is 0 Å². The van der Waals surface area contributed by atoms with Crippen molar-refractivity contribution in [1.29, 1.82) is 0 Å². The van der Waals surface area contributed by atoms with Gasteiger partial charge in [0.05, 0.1) is 0 Å². The van der Waals surface area contributed by atoms with E-state index in [1.54, 1.807) is 0 Å². The van der Waals surface area contributed by atoms with E-state index in [9.17, 15) is 0 Å². The summed E-state index contributed by atoms with van der Waals surface area (Å²) in [6, 6.07) is 11.9. The molecule has 1 fully saturated rings. The Hall–Kier alpha value is -0.860. The number of hydrogen-bond acceptors (Lipinski definition) is 2. The van der Waals surface area contributed by atoms with Gasteiger partial charge in [-0.15, -0.1) is 0 Å². The lowest BCUT2D eigenvalue weighted by Gasteiger charge is -2.39. The van der Waals surface area contributed by atoms with Gasteiger partial charge in [0, 0.05) is 24.7 Å². The number of nitrogens with zero attached hydrogens (tertiary/aromatic N) is 1. The molecule has 2 unspecified atom stereocenters. The maximum absolute atomic E-state index is 6.64. The highest BCUT2D eigenvalue weighted by molar-refractivity contribution is 5.20. The maximum Gasteiger partial charge on any atom is 0.0455 e. The minimum absolute atomic E-state index is 0.107. The largest absolute Gasteiger partial charge is 0.323 e. The Balaban J connectivity index is 2.20. The third-order valence-electron chi connectivity index (χ3n) is 4.21. The standard InChI is InChI=1S/C18H30N2/c1-13(2)12-20(16-10-11-16)18(14(3)4)17(19)15-8-6-5-7-9-15/h5-9,13-14,16-18H,10-12,19H2,1-4H3. The normalized spacial score (nSPS) is 18.8. The molecule has 2 nitrogen and oxygen atoms in total. The average molecular weight is 274 g/mol. The second-order valence-corrected chi connectivity index (χ2v) is 6.99. The van der Waals surface area contributed by atoms with Crippen molar-refractivity contribution in [3.63, 3.8) is 0 Å². The first-order chi connectivity index (χ1) is 9.50. The molecule has 2 rings (SSSR count). The van der Waals surface area contributed by atoms with E-state index in [2.05, 4.69) is 62.9 Å². The SMILES string of the molecule is CC(C)CN(C1CC1)C(C(C)C)C(N)c1ccccc1. The third kappa shape index (κ3) is 3.83. The van der Waals surface area contributed by atoms with Crippen molar-refractivity contribution in [3.8, 4) is 0 Å². The summed E-state index contributed by atoms with van der Waals surface area (Å²) in [5.74, 6) is 1.27. The van der Waals surface area contributed by atoms with Gasteiger partial charge in [0.15, 0.2) is 0 Å². The zero-order chi connectivity index (χ0) is 14.7. The van der Waals surface area contributed by atoms with E-state index in [0.29, 0.717) is 17.9 Å². The summed E-state index contributed by atoms with van der Waals surface area (Å²) in [6.07, 6.45) is 2.69. The fourth-order valence-electron chi connectivity index (χ4n) is 3.22. The summed E-state index contributed by atoms with van der Waals surface area (Å²) in [5.41, 5.74) is 7.91. The maximum atomic E-state index is 6.64. The first kappa shape index (κ1) is 15.5. The van der Waals surface area contributed by atoms with Gasteiger partial charge in [-0.1, -0.05) is 58.0 Å². The molecule has 0 heterocycles. The zero-order valence-corrected chi connectivity index (χ0v) is 13.4. The number of nitrogens with two attached hydrogens (primary N) is 1. The average Bonchev–Trinajstić information content (AvgIpc) is 3.22. The summed E-state index contributed by atoms with van der Waals surface area (Å²) in [7, 11) is 0. The highest BCUT2D eigenvalue weighted by Gasteiger charge is 2.38. The number of benzene rings is 1. The zero-order valence-electron chi connectivity index (χ0n) is 13.4. The van der Waals surface area contributed by atoms with Crippen molar-refractivity contribution < 1.29 is 0 Å². The molecule has 1 aromatic carbocycles. The van der Waals surface area contributed by atoms with Crippen LogP contribution < -0.4 is 5.73 Å². The van der Waals surface area contributed by atoms with Crippen LogP contribution in [0.1, 0.15) is 52.1 Å². The topological polar surface area (TPSA) is 29.3 Å². The molecule has 0 radical (unpaired) electrons. The highest BCUT2D eigenvalue weighted by atomic mass is 15.2. The van der Waals surface area contributed by atoms with Crippen molar-refractivity contribution in [2.24, 2.45) is 17.6 Å². The van der Waals surface area contributed by atoms with Gasteiger partial charge in [-0.3, -0.25) is 4.90 Å². The lowest BCUT2D eigenvalue weighted by Crippen LogP contribution is -2.48. The molecule has 2 atom stereocenters. The van der Waals surface area contributed by atoms with Crippen LogP contribution in [0.15, 0.2) is 30.3 Å². The molecule has 0 bridgehead atoms. The molecule has 1 aromatic rings. The summed E-state index contributed by atoms with van der Waals surface area (Å²) in [6.45, 7) is 10.4. The van der Waals surface area contributed by atoms with Crippen molar-refractivity contribution in [2.75, 3.05) is 6.54 Å². The quantitative estimate of drug-likeness (QED) is 0.818. The Morgan fingerprint density at radius 2 is 1.70 bits per heavy atom. The summed E-state index contributed by atoms with van der Waals surface area (Å²) in [4.78, 5) is 2.69. The molecule has 0 saturated heterocycles. The molecule has 0 aliphatic heterocycles. The monoisotopic (exact) mass is 274 g/mol. The van der Waals surface area contributed by atoms with Gasteiger partial charge in [0.25, 0.3) is 0 Å². The van der Waals surface area contributed by atoms with Gasteiger partial charge < -0.3 is 5.73 Å². The van der Waals surface area contributed by atoms with Crippen molar-refractivity contribution in [2.45, 2.75) is 58.7 Å². The Labute approximate surface area is 124 Å². The van der Waals surface area contributed by atoms with E-state index in [4.69, 9.17) is 5.73 Å². The lowest BCUT2D eigenvalue weighted by atomic mass is 9.89. The van der Waals surface area contributed by atoms with Crippen molar-refractivity contribution in [1.82, 2.24) is 4.90 Å². The van der Waals surface area contributed by atoms with E-state index < -0.39 is 0 Å². The first-order valence-corrected chi connectivity index (χ1v) is 8.07. The minimum atomic E-state index is 0.107. The Kier molecular flexibility index (Phi) is 5.22. The van der Waals surface area contributed by atoms with Gasteiger partial charge in [0.1, 0.15) is 0 Å². The van der Waals surface area contributed by atoms with Crippen LogP contribution in [0.3, 0.4) is 0 Å². The molecule has 2 heteroatoms. The first-order valence-electron chi connectivity index (χ1n) is 8.07. The van der Waals surface area contributed by atoms with Gasteiger partial charge in [0.2, 0.25) is 0 Å². The molecule has 1 saturated carbocycles. The summed E-state index contributed by atoms with van der Waals surface area (Å²) >= 11 is 0. The van der Waals surface area contributed by atoms with Crippen LogP contribution in [-0.2, 0) is 0 Å². The van der Waals surface area contributed by atoms with Crippen LogP contribution in [-0.4, -0.2) is 23.5 Å². The van der Waals surface area contributed by atoms with Crippen LogP contribution in [0, 0.1) is 11.8 Å². The van der Waals surface area contributed by atoms with Gasteiger partial charge >= 0.3 is 0 Å². The van der Waals surface area contributed by atoms with Crippen LogP contribution in [0.2, 0.25) is 0 Å².